The molecule has 2 aliphatic rings. The lowest BCUT2D eigenvalue weighted by atomic mass is 9.85. The third-order valence-electron chi connectivity index (χ3n) is 11.2. The fraction of sp³-hybridized carbons (Fsp3) is 0.432. The number of aliphatic hydroxyl groups is 1. The van der Waals surface area contributed by atoms with E-state index in [1.807, 2.05) is 80.6 Å². The van der Waals surface area contributed by atoms with Crippen LogP contribution in [0.5, 0.6) is 5.75 Å². The van der Waals surface area contributed by atoms with Gasteiger partial charge in [0.25, 0.3) is 0 Å². The average molecular weight is 838 g/mol. The molecular weight excluding hydrogens is 787 g/mol. The van der Waals surface area contributed by atoms with Gasteiger partial charge in [-0.2, -0.15) is 0 Å². The van der Waals surface area contributed by atoms with Crippen molar-refractivity contribution < 1.29 is 29.4 Å². The number of thiophene rings is 1. The van der Waals surface area contributed by atoms with Crippen molar-refractivity contribution in [2.75, 3.05) is 19.6 Å². The van der Waals surface area contributed by atoms with E-state index in [1.54, 1.807) is 34.8 Å². The Labute approximate surface area is 351 Å². The fourth-order valence-corrected chi connectivity index (χ4v) is 9.88. The second-order valence-corrected chi connectivity index (χ2v) is 18.6. The number of aromatic nitrogens is 3. The van der Waals surface area contributed by atoms with Gasteiger partial charge in [-0.3, -0.25) is 19.2 Å². The lowest BCUT2D eigenvalue weighted by Crippen LogP contribution is -2.57. The summed E-state index contributed by atoms with van der Waals surface area (Å²) in [6.07, 6.45) is 1.50. The quantitative estimate of drug-likeness (QED) is 0.114. The predicted octanol–water partition coefficient (Wildman–Crippen LogP) is 6.18. The minimum absolute atomic E-state index is 0.0000240. The first-order valence-corrected chi connectivity index (χ1v) is 21.8. The van der Waals surface area contributed by atoms with Crippen molar-refractivity contribution in [3.63, 3.8) is 0 Å². The molecule has 2 aromatic carbocycles. The number of carbonyl (C=O) groups is 4. The Bertz CT molecular complexity index is 2310. The molecule has 310 valence electrons. The monoisotopic (exact) mass is 837 g/mol. The molecule has 4 amide bonds. The highest BCUT2D eigenvalue weighted by Gasteiger charge is 2.44. The molecule has 5 heterocycles. The number of para-hydroxylation sites is 1. The van der Waals surface area contributed by atoms with Crippen molar-refractivity contribution in [1.82, 2.24) is 35.6 Å². The van der Waals surface area contributed by atoms with E-state index in [0.717, 1.165) is 44.8 Å². The maximum Gasteiger partial charge on any atom is 0.246 e. The summed E-state index contributed by atoms with van der Waals surface area (Å²) in [5, 5.41) is 35.4. The number of hydrogen-bond acceptors (Lipinski definition) is 11. The largest absolute Gasteiger partial charge is 0.507 e. The van der Waals surface area contributed by atoms with E-state index in [9.17, 15) is 29.4 Å². The SMILES string of the molecule is Cc1ncsc1-c1ccc(CNC(=O)[C@@H]2CC(O)CN2C(=O)[C@@H](NC(=O)CCCC(=O)N2CCC(c3cc4nnc(-c5ccccc5O)cc4s3)CC2)C(C)(C)C)cc1. The molecule has 13 nitrogen and oxygen atoms in total. The van der Waals surface area contributed by atoms with Crippen LogP contribution in [-0.4, -0.2) is 96.6 Å². The fourth-order valence-electron chi connectivity index (χ4n) is 7.87. The minimum atomic E-state index is -0.940. The number of hydrogen-bond donors (Lipinski definition) is 4. The summed E-state index contributed by atoms with van der Waals surface area (Å²) in [6, 6.07) is 17.2. The smallest absolute Gasteiger partial charge is 0.246 e. The normalized spacial score (nSPS) is 17.9. The summed E-state index contributed by atoms with van der Waals surface area (Å²) in [6.45, 7) is 9.01. The number of phenolic OH excluding ortho intramolecular Hbond substituents is 1. The number of thiazole rings is 1. The first kappa shape index (κ1) is 41.9. The molecule has 0 spiro atoms. The molecular formula is C44H51N7O6S2. The van der Waals surface area contributed by atoms with Crippen LogP contribution >= 0.6 is 22.7 Å². The number of nitrogens with one attached hydrogen (secondary N) is 2. The molecule has 1 unspecified atom stereocenters. The summed E-state index contributed by atoms with van der Waals surface area (Å²) in [5.74, 6) is -0.680. The third kappa shape index (κ3) is 9.80. The first-order valence-electron chi connectivity index (χ1n) is 20.1. The van der Waals surface area contributed by atoms with Crippen LogP contribution < -0.4 is 10.6 Å². The second-order valence-electron chi connectivity index (χ2n) is 16.6. The van der Waals surface area contributed by atoms with Gasteiger partial charge >= 0.3 is 0 Å². The van der Waals surface area contributed by atoms with Gasteiger partial charge < -0.3 is 30.6 Å². The Morgan fingerprint density at radius 3 is 2.42 bits per heavy atom. The van der Waals surface area contributed by atoms with E-state index < -0.39 is 29.5 Å². The highest BCUT2D eigenvalue weighted by Crippen LogP contribution is 2.38. The molecule has 0 bridgehead atoms. The lowest BCUT2D eigenvalue weighted by molar-refractivity contribution is -0.144. The summed E-state index contributed by atoms with van der Waals surface area (Å²) < 4.78 is 1.00. The number of aryl methyl sites for hydroxylation is 1. The molecule has 0 aliphatic carbocycles. The van der Waals surface area contributed by atoms with Gasteiger partial charge in [-0.1, -0.05) is 57.2 Å². The number of piperidine rings is 1. The zero-order chi connectivity index (χ0) is 41.8. The van der Waals surface area contributed by atoms with E-state index in [0.29, 0.717) is 36.7 Å². The van der Waals surface area contributed by atoms with Crippen molar-refractivity contribution in [3.8, 4) is 27.4 Å². The highest BCUT2D eigenvalue weighted by atomic mass is 32.1. The number of β-amino-alcohol motifs (C(OH)–C–C–N with tert-alkyl or cyclic N) is 1. The van der Waals surface area contributed by atoms with Gasteiger partial charge in [0.2, 0.25) is 23.6 Å². The van der Waals surface area contributed by atoms with Crippen LogP contribution in [-0.2, 0) is 25.7 Å². The van der Waals surface area contributed by atoms with Gasteiger partial charge in [-0.25, -0.2) is 4.98 Å². The Balaban J connectivity index is 0.875. The van der Waals surface area contributed by atoms with E-state index in [1.165, 1.54) is 9.78 Å². The highest BCUT2D eigenvalue weighted by molar-refractivity contribution is 7.19. The number of carbonyl (C=O) groups excluding carboxylic acids is 4. The summed E-state index contributed by atoms with van der Waals surface area (Å²) >= 11 is 3.25. The van der Waals surface area contributed by atoms with Crippen LogP contribution in [0.4, 0.5) is 0 Å². The number of nitrogens with zero attached hydrogens (tertiary/aromatic N) is 5. The van der Waals surface area contributed by atoms with Crippen LogP contribution in [0.1, 0.15) is 81.3 Å². The number of fused-ring (bicyclic) bond motifs is 1. The average Bonchev–Trinajstić information content (AvgIpc) is 3.96. The van der Waals surface area contributed by atoms with Gasteiger partial charge in [0.05, 0.1) is 32.6 Å². The molecule has 3 atom stereocenters. The topological polar surface area (TPSA) is 178 Å². The molecule has 0 radical (unpaired) electrons. The molecule has 2 fully saturated rings. The number of amides is 4. The Morgan fingerprint density at radius 1 is 0.983 bits per heavy atom. The summed E-state index contributed by atoms with van der Waals surface area (Å²) in [7, 11) is 0. The molecule has 2 saturated heterocycles. The molecule has 4 N–H and O–H groups in total. The first-order chi connectivity index (χ1) is 28.2. The van der Waals surface area contributed by atoms with E-state index in [4.69, 9.17) is 0 Å². The van der Waals surface area contributed by atoms with Gasteiger partial charge in [-0.05, 0) is 72.9 Å². The lowest BCUT2D eigenvalue weighted by Gasteiger charge is -2.35. The van der Waals surface area contributed by atoms with Crippen LogP contribution in [0.15, 0.2) is 66.2 Å². The maximum absolute atomic E-state index is 14.0. The van der Waals surface area contributed by atoms with E-state index in [2.05, 4.69) is 31.9 Å². The molecule has 7 rings (SSSR count). The molecule has 2 aliphatic heterocycles. The molecule has 3 aromatic heterocycles. The van der Waals surface area contributed by atoms with Crippen LogP contribution in [0.25, 0.3) is 31.9 Å². The van der Waals surface area contributed by atoms with Gasteiger partial charge in [-0.15, -0.1) is 32.9 Å². The Kier molecular flexibility index (Phi) is 12.7. The van der Waals surface area contributed by atoms with Gasteiger partial charge in [0.1, 0.15) is 23.3 Å². The molecule has 0 saturated carbocycles. The van der Waals surface area contributed by atoms with Crippen molar-refractivity contribution in [3.05, 3.63) is 82.3 Å². The van der Waals surface area contributed by atoms with Crippen LogP contribution in [0.2, 0.25) is 0 Å². The van der Waals surface area contributed by atoms with Gasteiger partial charge in [0, 0.05) is 55.9 Å². The number of benzene rings is 2. The molecule has 59 heavy (non-hydrogen) atoms. The molecule has 15 heteroatoms. The van der Waals surface area contributed by atoms with Crippen LogP contribution in [0, 0.1) is 12.3 Å². The van der Waals surface area contributed by atoms with Crippen molar-refractivity contribution >= 4 is 56.5 Å². The number of phenols is 1. The predicted molar refractivity (Wildman–Crippen MR) is 229 cm³/mol. The van der Waals surface area contributed by atoms with Crippen molar-refractivity contribution in [2.45, 2.75) is 96.9 Å². The second kappa shape index (κ2) is 17.9. The minimum Gasteiger partial charge on any atom is -0.507 e. The van der Waals surface area contributed by atoms with Crippen molar-refractivity contribution in [1.29, 1.82) is 0 Å². The maximum atomic E-state index is 14.0. The number of aliphatic hydroxyl groups excluding tert-OH is 1. The zero-order valence-electron chi connectivity index (χ0n) is 33.8. The van der Waals surface area contributed by atoms with Crippen LogP contribution in [0.3, 0.4) is 0 Å². The summed E-state index contributed by atoms with van der Waals surface area (Å²) in [4.78, 5) is 63.8. The zero-order valence-corrected chi connectivity index (χ0v) is 35.4. The Hall–Kier alpha value is -5.25. The van der Waals surface area contributed by atoms with E-state index >= 15 is 0 Å². The Morgan fingerprint density at radius 2 is 1.73 bits per heavy atom. The standard InChI is InChI=1S/C44H51N7O6S2/c1-26-40(58-25-46-26)29-14-12-27(13-15-29)23-45-42(56)34-20-30(52)24-51(34)43(57)41(44(2,3)4)47-38(54)10-7-11-39(55)50-18-16-28(17-19-50)36-22-33-37(59-36)21-32(48-49-33)31-8-5-6-9-35(31)53/h5-6,8-9,12-15,21-22,25,28,30,34,41,52-53H,7,10-11,16-20,23-24H2,1-4H3,(H,45,56)(H,47,54)/t30?,34-,41+/m0/s1. The summed E-state index contributed by atoms with van der Waals surface area (Å²) in [5.41, 5.74) is 6.11. The number of aromatic hydroxyl groups is 1. The van der Waals surface area contributed by atoms with Gasteiger partial charge in [0.15, 0.2) is 0 Å². The van der Waals surface area contributed by atoms with Crippen molar-refractivity contribution in [2.24, 2.45) is 5.41 Å². The third-order valence-corrected chi connectivity index (χ3v) is 13.4. The van der Waals surface area contributed by atoms with E-state index in [-0.39, 0.29) is 55.8 Å². The number of rotatable bonds is 12. The number of likely N-dealkylation sites (tertiary alicyclic amines) is 2. The molecule has 5 aromatic rings.